The highest BCUT2D eigenvalue weighted by Gasteiger charge is 2.63. The molecule has 0 aromatic carbocycles. The van der Waals surface area contributed by atoms with Crippen LogP contribution in [-0.2, 0) is 14.3 Å². The van der Waals surface area contributed by atoms with E-state index in [2.05, 4.69) is 4.74 Å². The molecule has 5 nitrogen and oxygen atoms in total. The number of alkyl halides is 5. The summed E-state index contributed by atoms with van der Waals surface area (Å²) in [6, 6.07) is -1.84. The summed E-state index contributed by atoms with van der Waals surface area (Å²) in [6.45, 7) is 0.0787. The first kappa shape index (κ1) is 17.6. The number of rotatable bonds is 7. The number of aliphatic carboxylic acids is 1. The molecule has 1 atom stereocenters. The zero-order chi connectivity index (χ0) is 15.3. The Balaban J connectivity index is 4.68. The average Bonchev–Trinajstić information content (AvgIpc) is 2.25. The van der Waals surface area contributed by atoms with Gasteiger partial charge in [0.15, 0.2) is 0 Å². The maximum Gasteiger partial charge on any atom is 0.463 e. The van der Waals surface area contributed by atoms with E-state index in [1.165, 1.54) is 7.11 Å². The van der Waals surface area contributed by atoms with Gasteiger partial charge >= 0.3 is 24.0 Å². The van der Waals surface area contributed by atoms with Gasteiger partial charge < -0.3 is 15.2 Å². The molecule has 0 spiro atoms. The van der Waals surface area contributed by atoms with E-state index >= 15 is 0 Å². The van der Waals surface area contributed by atoms with E-state index < -0.39 is 30.0 Å². The molecule has 0 saturated carbocycles. The minimum absolute atomic E-state index is 0.0747. The first-order valence-electron chi connectivity index (χ1n) is 5.01. The molecule has 1 amide bonds. The van der Waals surface area contributed by atoms with Crippen molar-refractivity contribution in [3.8, 4) is 0 Å². The van der Waals surface area contributed by atoms with Crippen LogP contribution in [0.4, 0.5) is 22.0 Å². The summed E-state index contributed by atoms with van der Waals surface area (Å²) < 4.78 is 65.3. The van der Waals surface area contributed by atoms with Gasteiger partial charge in [-0.3, -0.25) is 4.79 Å². The number of carbonyl (C=O) groups excluding carboxylic acids is 1. The standard InChI is InChI=1S/C9H12F5NO4/c1-19-4-2-3-5(6(16)17)15-7(18)8(10,11)9(12,13)14/h5H,2-4H2,1H3,(H,15,18)(H,16,17). The summed E-state index contributed by atoms with van der Waals surface area (Å²) in [5.74, 6) is -10.0. The number of carboxylic acid groups (broad SMARTS) is 1. The van der Waals surface area contributed by atoms with Crippen molar-refractivity contribution in [2.75, 3.05) is 13.7 Å². The zero-order valence-corrected chi connectivity index (χ0v) is 9.76. The van der Waals surface area contributed by atoms with Gasteiger partial charge in [0.05, 0.1) is 0 Å². The Kier molecular flexibility index (Phi) is 6.13. The maximum atomic E-state index is 12.6. The maximum absolute atomic E-state index is 12.6. The van der Waals surface area contributed by atoms with Crippen LogP contribution in [0, 0.1) is 0 Å². The Morgan fingerprint density at radius 1 is 1.26 bits per heavy atom. The van der Waals surface area contributed by atoms with Crippen LogP contribution in [0.5, 0.6) is 0 Å². The van der Waals surface area contributed by atoms with E-state index in [1.807, 2.05) is 0 Å². The summed E-state index contributed by atoms with van der Waals surface area (Å²) in [5.41, 5.74) is 0. The molecule has 0 rings (SSSR count). The van der Waals surface area contributed by atoms with E-state index in [9.17, 15) is 31.5 Å². The molecule has 1 unspecified atom stereocenters. The quantitative estimate of drug-likeness (QED) is 0.546. The Hall–Kier alpha value is -1.45. The smallest absolute Gasteiger partial charge is 0.463 e. The van der Waals surface area contributed by atoms with Crippen LogP contribution in [0.3, 0.4) is 0 Å². The molecule has 0 bridgehead atoms. The third-order valence-corrected chi connectivity index (χ3v) is 2.09. The normalized spacial score (nSPS) is 14.0. The number of amides is 1. The lowest BCUT2D eigenvalue weighted by Gasteiger charge is -2.21. The molecule has 19 heavy (non-hydrogen) atoms. The Morgan fingerprint density at radius 2 is 1.79 bits per heavy atom. The molecule has 0 aromatic heterocycles. The van der Waals surface area contributed by atoms with Crippen molar-refractivity contribution in [2.24, 2.45) is 0 Å². The molecule has 10 heteroatoms. The van der Waals surface area contributed by atoms with Gasteiger partial charge in [-0.25, -0.2) is 4.79 Å². The van der Waals surface area contributed by atoms with Gasteiger partial charge in [-0.05, 0) is 12.8 Å². The SMILES string of the molecule is COCCCC(NC(=O)C(F)(F)C(F)(F)F)C(=O)O. The lowest BCUT2D eigenvalue weighted by molar-refractivity contribution is -0.270. The molecular formula is C9H12F5NO4. The highest BCUT2D eigenvalue weighted by molar-refractivity contribution is 5.88. The van der Waals surface area contributed by atoms with Gasteiger partial charge in [-0.1, -0.05) is 0 Å². The van der Waals surface area contributed by atoms with Gasteiger partial charge in [0.25, 0.3) is 0 Å². The lowest BCUT2D eigenvalue weighted by atomic mass is 10.1. The number of ether oxygens (including phenoxy) is 1. The molecule has 0 heterocycles. The summed E-state index contributed by atoms with van der Waals surface area (Å²) in [5, 5.41) is 9.77. The first-order valence-corrected chi connectivity index (χ1v) is 5.01. The highest BCUT2D eigenvalue weighted by Crippen LogP contribution is 2.35. The molecule has 2 N–H and O–H groups in total. The van der Waals surface area contributed by atoms with Crippen LogP contribution >= 0.6 is 0 Å². The summed E-state index contributed by atoms with van der Waals surface area (Å²) >= 11 is 0. The third kappa shape index (κ3) is 4.97. The van der Waals surface area contributed by atoms with Crippen molar-refractivity contribution in [3.63, 3.8) is 0 Å². The minimum atomic E-state index is -6.08. The number of halogens is 5. The van der Waals surface area contributed by atoms with E-state index in [4.69, 9.17) is 5.11 Å². The van der Waals surface area contributed by atoms with Crippen LogP contribution in [-0.4, -0.2) is 48.8 Å². The van der Waals surface area contributed by atoms with Crippen LogP contribution in [0.15, 0.2) is 0 Å². The van der Waals surface area contributed by atoms with Gasteiger partial charge in [0.1, 0.15) is 6.04 Å². The van der Waals surface area contributed by atoms with Crippen molar-refractivity contribution >= 4 is 11.9 Å². The molecule has 0 aliphatic rings. The second-order valence-corrected chi connectivity index (χ2v) is 3.57. The Morgan fingerprint density at radius 3 is 2.16 bits per heavy atom. The second-order valence-electron chi connectivity index (χ2n) is 3.57. The predicted octanol–water partition coefficient (Wildman–Crippen LogP) is 1.18. The summed E-state index contributed by atoms with van der Waals surface area (Å²) in [7, 11) is 1.30. The lowest BCUT2D eigenvalue weighted by Crippen LogP contribution is -2.54. The molecule has 0 fully saturated rings. The van der Waals surface area contributed by atoms with Crippen LogP contribution in [0.25, 0.3) is 0 Å². The molecule has 0 saturated heterocycles. The minimum Gasteiger partial charge on any atom is -0.480 e. The molecule has 112 valence electrons. The van der Waals surface area contributed by atoms with Crippen molar-refractivity contribution in [3.05, 3.63) is 0 Å². The van der Waals surface area contributed by atoms with E-state index in [0.717, 1.165) is 5.32 Å². The van der Waals surface area contributed by atoms with Crippen molar-refractivity contribution in [1.82, 2.24) is 5.32 Å². The Labute approximate surface area is 104 Å². The van der Waals surface area contributed by atoms with Crippen molar-refractivity contribution < 1.29 is 41.4 Å². The Bertz CT molecular complexity index is 331. The fourth-order valence-corrected chi connectivity index (χ4v) is 1.07. The van der Waals surface area contributed by atoms with Gasteiger partial charge in [-0.15, -0.1) is 0 Å². The van der Waals surface area contributed by atoms with Crippen molar-refractivity contribution in [2.45, 2.75) is 31.0 Å². The van der Waals surface area contributed by atoms with E-state index in [0.29, 0.717) is 0 Å². The van der Waals surface area contributed by atoms with E-state index in [1.54, 1.807) is 0 Å². The number of methoxy groups -OCH3 is 1. The number of nitrogens with one attached hydrogen (secondary N) is 1. The average molecular weight is 293 g/mol. The largest absolute Gasteiger partial charge is 0.480 e. The monoisotopic (exact) mass is 293 g/mol. The number of hydrogen-bond donors (Lipinski definition) is 2. The number of carbonyl (C=O) groups is 2. The van der Waals surface area contributed by atoms with Crippen LogP contribution < -0.4 is 5.32 Å². The molecule has 0 aromatic rings. The van der Waals surface area contributed by atoms with E-state index in [-0.39, 0.29) is 19.4 Å². The molecular weight excluding hydrogens is 281 g/mol. The zero-order valence-electron chi connectivity index (χ0n) is 9.76. The number of carboxylic acids is 1. The van der Waals surface area contributed by atoms with Gasteiger partial charge in [-0.2, -0.15) is 22.0 Å². The molecule has 0 aliphatic heterocycles. The molecule has 0 aliphatic carbocycles. The fraction of sp³-hybridized carbons (Fsp3) is 0.778. The van der Waals surface area contributed by atoms with Crippen LogP contribution in [0.1, 0.15) is 12.8 Å². The predicted molar refractivity (Wildman–Crippen MR) is 51.7 cm³/mol. The topological polar surface area (TPSA) is 75.6 Å². The van der Waals surface area contributed by atoms with Crippen LogP contribution in [0.2, 0.25) is 0 Å². The first-order chi connectivity index (χ1) is 8.54. The summed E-state index contributed by atoms with van der Waals surface area (Å²) in [4.78, 5) is 21.4. The third-order valence-electron chi connectivity index (χ3n) is 2.09. The van der Waals surface area contributed by atoms with Gasteiger partial charge in [0.2, 0.25) is 0 Å². The van der Waals surface area contributed by atoms with Crippen molar-refractivity contribution in [1.29, 1.82) is 0 Å². The highest BCUT2D eigenvalue weighted by atomic mass is 19.4. The number of hydrogen-bond acceptors (Lipinski definition) is 3. The second kappa shape index (κ2) is 6.64. The summed E-state index contributed by atoms with van der Waals surface area (Å²) in [6.07, 6.45) is -6.33. The van der Waals surface area contributed by atoms with Gasteiger partial charge in [0, 0.05) is 13.7 Å². The molecule has 0 radical (unpaired) electrons. The fourth-order valence-electron chi connectivity index (χ4n) is 1.07.